The Balaban J connectivity index is 1.99. The van der Waals surface area contributed by atoms with Gasteiger partial charge in [-0.25, -0.2) is 9.37 Å². The van der Waals surface area contributed by atoms with Crippen LogP contribution < -0.4 is 5.32 Å². The van der Waals surface area contributed by atoms with E-state index < -0.39 is 15.8 Å². The van der Waals surface area contributed by atoms with Crippen LogP contribution in [0, 0.1) is 5.82 Å². The van der Waals surface area contributed by atoms with E-state index in [1.54, 1.807) is 12.1 Å². The van der Waals surface area contributed by atoms with E-state index in [-0.39, 0.29) is 16.2 Å². The van der Waals surface area contributed by atoms with Crippen LogP contribution in [0.1, 0.15) is 5.56 Å². The number of amides is 1. The van der Waals surface area contributed by atoms with Crippen LogP contribution in [0.25, 0.3) is 11.3 Å². The van der Waals surface area contributed by atoms with Crippen LogP contribution >= 0.6 is 0 Å². The first-order chi connectivity index (χ1) is 12.0. The van der Waals surface area contributed by atoms with E-state index in [9.17, 15) is 17.6 Å². The predicted octanol–water partition coefficient (Wildman–Crippen LogP) is 0.962. The van der Waals surface area contributed by atoms with Gasteiger partial charge in [0.15, 0.2) is 0 Å². The highest BCUT2D eigenvalue weighted by molar-refractivity contribution is 7.89. The Bertz CT molecular complexity index is 989. The Morgan fingerprint density at radius 2 is 2.08 bits per heavy atom. The molecule has 8 nitrogen and oxygen atoms in total. The highest BCUT2D eigenvalue weighted by Gasteiger charge is 2.20. The van der Waals surface area contributed by atoms with Crippen LogP contribution in [0.2, 0.25) is 0 Å². The van der Waals surface area contributed by atoms with E-state index >= 15 is 0 Å². The minimum absolute atomic E-state index is 0.0380. The van der Waals surface area contributed by atoms with Crippen molar-refractivity contribution in [2.75, 3.05) is 0 Å². The minimum Gasteiger partial charge on any atom is -0.355 e. The Kier molecular flexibility index (Phi) is 4.52. The number of halogens is 1. The second-order valence-corrected chi connectivity index (χ2v) is 6.76. The maximum absolute atomic E-state index is 14.2. The number of carbonyl (C=O) groups excluding carboxylic acids is 1. The lowest BCUT2D eigenvalue weighted by Crippen LogP contribution is -2.13. The second kappa shape index (κ2) is 6.77. The monoisotopic (exact) mass is 361 g/mol. The van der Waals surface area contributed by atoms with Crippen molar-refractivity contribution in [1.29, 1.82) is 0 Å². The fourth-order valence-corrected chi connectivity index (χ4v) is 3.21. The number of pyridine rings is 1. The van der Waals surface area contributed by atoms with E-state index in [0.29, 0.717) is 17.0 Å². The first-order valence-corrected chi connectivity index (χ1v) is 8.48. The van der Waals surface area contributed by atoms with E-state index in [1.807, 2.05) is 0 Å². The summed E-state index contributed by atoms with van der Waals surface area (Å²) in [5, 5.41) is 6.09. The number of hydrogen-bond donors (Lipinski definition) is 1. The molecular weight excluding hydrogens is 349 g/mol. The average molecular weight is 361 g/mol. The van der Waals surface area contributed by atoms with Gasteiger partial charge in [0.25, 0.3) is 10.0 Å². The SMILES string of the molecule is O=CNCc1ccc(-c2cc(S(=O)(=O)n3cncn3)ccc2F)nc1. The minimum atomic E-state index is -3.96. The van der Waals surface area contributed by atoms with Gasteiger partial charge < -0.3 is 5.32 Å². The predicted molar refractivity (Wildman–Crippen MR) is 85.1 cm³/mol. The third-order valence-corrected chi connectivity index (χ3v) is 4.90. The van der Waals surface area contributed by atoms with Gasteiger partial charge >= 0.3 is 0 Å². The van der Waals surface area contributed by atoms with Crippen molar-refractivity contribution >= 4 is 16.4 Å². The van der Waals surface area contributed by atoms with Gasteiger partial charge in [-0.1, -0.05) is 6.07 Å². The Morgan fingerprint density at radius 3 is 2.72 bits per heavy atom. The Labute approximate surface area is 142 Å². The van der Waals surface area contributed by atoms with Gasteiger partial charge in [0.2, 0.25) is 6.41 Å². The quantitative estimate of drug-likeness (QED) is 0.656. The van der Waals surface area contributed by atoms with Gasteiger partial charge in [-0.05, 0) is 29.8 Å². The van der Waals surface area contributed by atoms with Gasteiger partial charge in [-0.2, -0.15) is 8.42 Å². The molecule has 0 radical (unpaired) electrons. The van der Waals surface area contributed by atoms with Gasteiger partial charge in [0.05, 0.1) is 10.6 Å². The molecule has 2 heterocycles. The van der Waals surface area contributed by atoms with Gasteiger partial charge in [-0.3, -0.25) is 9.78 Å². The summed E-state index contributed by atoms with van der Waals surface area (Å²) in [6.07, 6.45) is 4.18. The summed E-state index contributed by atoms with van der Waals surface area (Å²) in [5.41, 5.74) is 1.03. The molecule has 25 heavy (non-hydrogen) atoms. The molecule has 0 fully saturated rings. The molecule has 0 spiro atoms. The largest absolute Gasteiger partial charge is 0.355 e. The zero-order valence-electron chi connectivity index (χ0n) is 12.7. The number of carbonyl (C=O) groups is 1. The average Bonchev–Trinajstić information content (AvgIpc) is 3.16. The van der Waals surface area contributed by atoms with E-state index in [0.717, 1.165) is 30.4 Å². The molecule has 3 rings (SSSR count). The van der Waals surface area contributed by atoms with Crippen molar-refractivity contribution in [3.8, 4) is 11.3 Å². The maximum Gasteiger partial charge on any atom is 0.284 e. The number of benzene rings is 1. The zero-order valence-corrected chi connectivity index (χ0v) is 13.5. The molecule has 0 aliphatic rings. The first kappa shape index (κ1) is 16.7. The van der Waals surface area contributed by atoms with Crippen LogP contribution in [0.4, 0.5) is 4.39 Å². The lowest BCUT2D eigenvalue weighted by molar-refractivity contribution is -0.109. The summed E-state index contributed by atoms with van der Waals surface area (Å²) in [5.74, 6) is -0.608. The first-order valence-electron chi connectivity index (χ1n) is 7.04. The van der Waals surface area contributed by atoms with Gasteiger partial charge in [-0.15, -0.1) is 9.19 Å². The van der Waals surface area contributed by atoms with E-state index in [1.165, 1.54) is 12.3 Å². The van der Waals surface area contributed by atoms with Crippen molar-refractivity contribution in [3.63, 3.8) is 0 Å². The van der Waals surface area contributed by atoms with E-state index in [4.69, 9.17) is 0 Å². The fraction of sp³-hybridized carbons (Fsp3) is 0.0667. The molecular formula is C15H12FN5O3S. The Hall–Kier alpha value is -3.14. The summed E-state index contributed by atoms with van der Waals surface area (Å²) < 4.78 is 39.7. The lowest BCUT2D eigenvalue weighted by atomic mass is 10.1. The normalized spacial score (nSPS) is 11.2. The van der Waals surface area contributed by atoms with Crippen molar-refractivity contribution in [3.05, 3.63) is 60.6 Å². The van der Waals surface area contributed by atoms with Gasteiger partial charge in [0, 0.05) is 18.3 Å². The number of aromatic nitrogens is 4. The summed E-state index contributed by atoms with van der Waals surface area (Å²) in [6.45, 7) is 0.292. The van der Waals surface area contributed by atoms with Crippen molar-refractivity contribution in [2.45, 2.75) is 11.4 Å². The smallest absolute Gasteiger partial charge is 0.284 e. The molecule has 2 aromatic heterocycles. The summed E-state index contributed by atoms with van der Waals surface area (Å²) in [6, 6.07) is 6.61. The van der Waals surface area contributed by atoms with Crippen LogP contribution in [-0.4, -0.2) is 34.0 Å². The summed E-state index contributed by atoms with van der Waals surface area (Å²) >= 11 is 0. The maximum atomic E-state index is 14.2. The molecule has 0 unspecified atom stereocenters. The fourth-order valence-electron chi connectivity index (χ4n) is 2.14. The molecule has 3 aromatic rings. The lowest BCUT2D eigenvalue weighted by Gasteiger charge is -2.08. The molecule has 0 aliphatic heterocycles. The molecule has 0 saturated carbocycles. The Morgan fingerprint density at radius 1 is 1.24 bits per heavy atom. The van der Waals surface area contributed by atoms with Crippen LogP contribution in [0.5, 0.6) is 0 Å². The number of rotatable bonds is 6. The molecule has 0 bridgehead atoms. The van der Waals surface area contributed by atoms with Crippen molar-refractivity contribution in [1.82, 2.24) is 24.5 Å². The molecule has 10 heteroatoms. The standard InChI is InChI=1S/C15H12FN5O3S/c16-14-3-2-12(25(23,24)21-9-18-8-20-21)5-13(14)15-4-1-11(7-19-15)6-17-10-22/h1-5,7-10H,6H2,(H,17,22). The third kappa shape index (κ3) is 3.38. The summed E-state index contributed by atoms with van der Waals surface area (Å²) in [4.78, 5) is 17.9. The number of nitrogens with zero attached hydrogens (tertiary/aromatic N) is 4. The molecule has 0 atom stereocenters. The van der Waals surface area contributed by atoms with Crippen molar-refractivity contribution < 1.29 is 17.6 Å². The number of nitrogens with one attached hydrogen (secondary N) is 1. The molecule has 1 amide bonds. The molecule has 0 aliphatic carbocycles. The number of hydrogen-bond acceptors (Lipinski definition) is 6. The zero-order chi connectivity index (χ0) is 17.9. The second-order valence-electron chi connectivity index (χ2n) is 4.97. The van der Waals surface area contributed by atoms with Gasteiger partial charge in [0.1, 0.15) is 18.5 Å². The topological polar surface area (TPSA) is 107 Å². The molecule has 0 saturated heterocycles. The highest BCUT2D eigenvalue weighted by Crippen LogP contribution is 2.25. The van der Waals surface area contributed by atoms with Crippen LogP contribution in [0.3, 0.4) is 0 Å². The molecule has 1 N–H and O–H groups in total. The molecule has 128 valence electrons. The summed E-state index contributed by atoms with van der Waals surface area (Å²) in [7, 11) is -3.96. The third-order valence-electron chi connectivity index (χ3n) is 3.37. The van der Waals surface area contributed by atoms with Crippen molar-refractivity contribution in [2.24, 2.45) is 0 Å². The van der Waals surface area contributed by atoms with E-state index in [2.05, 4.69) is 20.4 Å². The van der Waals surface area contributed by atoms with Crippen LogP contribution in [0.15, 0.2) is 54.1 Å². The molecule has 1 aromatic carbocycles. The highest BCUT2D eigenvalue weighted by atomic mass is 32.2. The van der Waals surface area contributed by atoms with Crippen LogP contribution in [-0.2, 0) is 21.4 Å².